The first-order valence-electron chi connectivity index (χ1n) is 5.54. The molecule has 0 saturated carbocycles. The summed E-state index contributed by atoms with van der Waals surface area (Å²) in [6.45, 7) is 0. The molecule has 0 fully saturated rings. The van der Waals surface area contributed by atoms with Gasteiger partial charge in [-0.2, -0.15) is 0 Å². The van der Waals surface area contributed by atoms with Crippen molar-refractivity contribution in [3.8, 4) is 0 Å². The summed E-state index contributed by atoms with van der Waals surface area (Å²) in [6.07, 6.45) is 1.99. The first kappa shape index (κ1) is 11.4. The molecule has 2 heterocycles. The van der Waals surface area contributed by atoms with Gasteiger partial charge >= 0.3 is 11.1 Å². The SMILES string of the molecule is O=CC1CCc2cc(Br)cc3[nH]c(=O)c(=O)n1c23. The molecule has 2 aromatic rings. The summed E-state index contributed by atoms with van der Waals surface area (Å²) in [5.74, 6) is 0. The summed E-state index contributed by atoms with van der Waals surface area (Å²) in [4.78, 5) is 37.1. The maximum atomic E-state index is 11.9. The monoisotopic (exact) mass is 308 g/mol. The smallest absolute Gasteiger partial charge is 0.316 e. The number of aldehydes is 1. The van der Waals surface area contributed by atoms with Gasteiger partial charge in [-0.15, -0.1) is 0 Å². The lowest BCUT2D eigenvalue weighted by Gasteiger charge is -2.23. The summed E-state index contributed by atoms with van der Waals surface area (Å²) >= 11 is 3.37. The van der Waals surface area contributed by atoms with Crippen LogP contribution in [0, 0.1) is 0 Å². The normalized spacial score (nSPS) is 17.9. The number of aryl methyl sites for hydroxylation is 1. The van der Waals surface area contributed by atoms with Crippen LogP contribution >= 0.6 is 15.9 Å². The van der Waals surface area contributed by atoms with Crippen LogP contribution in [0.15, 0.2) is 26.2 Å². The minimum atomic E-state index is -0.694. The average Bonchev–Trinajstić information content (AvgIpc) is 2.34. The second kappa shape index (κ2) is 3.91. The lowest BCUT2D eigenvalue weighted by atomic mass is 9.99. The zero-order valence-corrected chi connectivity index (χ0v) is 10.9. The van der Waals surface area contributed by atoms with Crippen LogP contribution in [-0.2, 0) is 11.2 Å². The molecular weight excluding hydrogens is 300 g/mol. The van der Waals surface area contributed by atoms with Crippen LogP contribution in [0.4, 0.5) is 0 Å². The maximum Gasteiger partial charge on any atom is 0.317 e. The Morgan fingerprint density at radius 2 is 2.17 bits per heavy atom. The Bertz CT molecular complexity index is 775. The van der Waals surface area contributed by atoms with E-state index in [1.807, 2.05) is 6.07 Å². The molecule has 1 aromatic carbocycles. The third-order valence-corrected chi connectivity index (χ3v) is 3.71. The van der Waals surface area contributed by atoms with Crippen molar-refractivity contribution in [2.24, 2.45) is 0 Å². The Morgan fingerprint density at radius 1 is 1.39 bits per heavy atom. The van der Waals surface area contributed by atoms with Crippen LogP contribution in [0.1, 0.15) is 18.0 Å². The lowest BCUT2D eigenvalue weighted by Crippen LogP contribution is -2.40. The minimum Gasteiger partial charge on any atom is -0.316 e. The van der Waals surface area contributed by atoms with E-state index in [4.69, 9.17) is 0 Å². The molecule has 0 saturated heterocycles. The molecule has 0 aliphatic carbocycles. The Kier molecular flexibility index (Phi) is 2.48. The van der Waals surface area contributed by atoms with Crippen molar-refractivity contribution in [3.63, 3.8) is 0 Å². The van der Waals surface area contributed by atoms with E-state index in [2.05, 4.69) is 20.9 Å². The number of aromatic amines is 1. The van der Waals surface area contributed by atoms with Gasteiger partial charge < -0.3 is 9.78 Å². The second-order valence-corrected chi connectivity index (χ2v) is 5.25. The molecule has 0 bridgehead atoms. The average molecular weight is 309 g/mol. The molecule has 0 radical (unpaired) electrons. The molecule has 1 aliphatic heterocycles. The zero-order chi connectivity index (χ0) is 12.9. The van der Waals surface area contributed by atoms with Crippen LogP contribution < -0.4 is 11.1 Å². The number of carbonyl (C=O) groups is 1. The summed E-state index contributed by atoms with van der Waals surface area (Å²) < 4.78 is 2.15. The van der Waals surface area contributed by atoms with Gasteiger partial charge in [-0.25, -0.2) is 0 Å². The molecule has 1 atom stereocenters. The molecule has 0 amide bonds. The molecule has 5 nitrogen and oxygen atoms in total. The van der Waals surface area contributed by atoms with E-state index in [0.717, 1.165) is 16.3 Å². The number of benzene rings is 1. The molecule has 3 rings (SSSR count). The third-order valence-electron chi connectivity index (χ3n) is 3.25. The first-order valence-corrected chi connectivity index (χ1v) is 6.33. The van der Waals surface area contributed by atoms with Crippen LogP contribution in [0.2, 0.25) is 0 Å². The molecule has 1 aliphatic rings. The number of aromatic nitrogens is 2. The van der Waals surface area contributed by atoms with Gasteiger partial charge in [0.25, 0.3) is 0 Å². The number of nitrogens with one attached hydrogen (secondary N) is 1. The molecular formula is C12H9BrN2O3. The van der Waals surface area contributed by atoms with E-state index < -0.39 is 17.2 Å². The molecule has 18 heavy (non-hydrogen) atoms. The Hall–Kier alpha value is -1.69. The fourth-order valence-electron chi connectivity index (χ4n) is 2.49. The van der Waals surface area contributed by atoms with Gasteiger partial charge in [-0.3, -0.25) is 14.2 Å². The summed E-state index contributed by atoms with van der Waals surface area (Å²) in [5, 5.41) is 0. The molecule has 1 unspecified atom stereocenters. The highest BCUT2D eigenvalue weighted by atomic mass is 79.9. The number of nitrogens with zero attached hydrogens (tertiary/aromatic N) is 1. The van der Waals surface area contributed by atoms with Crippen molar-refractivity contribution in [2.75, 3.05) is 0 Å². The Morgan fingerprint density at radius 3 is 2.89 bits per heavy atom. The topological polar surface area (TPSA) is 71.9 Å². The maximum absolute atomic E-state index is 11.9. The second-order valence-electron chi connectivity index (χ2n) is 4.33. The van der Waals surface area contributed by atoms with Crippen molar-refractivity contribution in [2.45, 2.75) is 18.9 Å². The highest BCUT2D eigenvalue weighted by Gasteiger charge is 2.23. The van der Waals surface area contributed by atoms with E-state index in [1.54, 1.807) is 6.07 Å². The number of hydrogen-bond donors (Lipinski definition) is 1. The van der Waals surface area contributed by atoms with Crippen LogP contribution in [0.3, 0.4) is 0 Å². The van der Waals surface area contributed by atoms with E-state index in [1.165, 1.54) is 4.57 Å². The van der Waals surface area contributed by atoms with Crippen molar-refractivity contribution in [1.82, 2.24) is 9.55 Å². The highest BCUT2D eigenvalue weighted by Crippen LogP contribution is 2.29. The molecule has 0 spiro atoms. The van der Waals surface area contributed by atoms with Crippen molar-refractivity contribution in [3.05, 3.63) is 42.9 Å². The van der Waals surface area contributed by atoms with Crippen molar-refractivity contribution >= 4 is 33.2 Å². The third kappa shape index (κ3) is 1.49. The predicted molar refractivity (Wildman–Crippen MR) is 70.0 cm³/mol. The number of hydrogen-bond acceptors (Lipinski definition) is 3. The van der Waals surface area contributed by atoms with Gasteiger partial charge in [0.1, 0.15) is 6.29 Å². The van der Waals surface area contributed by atoms with Gasteiger partial charge in [-0.1, -0.05) is 15.9 Å². The standard InChI is InChI=1S/C12H9BrN2O3/c13-7-3-6-1-2-8(5-16)15-10(6)9(4-7)14-11(17)12(15)18/h3-5,8H,1-2H2,(H,14,17). The van der Waals surface area contributed by atoms with Gasteiger partial charge in [0.05, 0.1) is 17.1 Å². The first-order chi connectivity index (χ1) is 8.61. The molecule has 1 N–H and O–H groups in total. The lowest BCUT2D eigenvalue weighted by molar-refractivity contribution is -0.110. The van der Waals surface area contributed by atoms with E-state index >= 15 is 0 Å². The molecule has 92 valence electrons. The highest BCUT2D eigenvalue weighted by molar-refractivity contribution is 9.10. The largest absolute Gasteiger partial charge is 0.317 e. The Balaban J connectivity index is 2.57. The van der Waals surface area contributed by atoms with Gasteiger partial charge in [0.15, 0.2) is 0 Å². The van der Waals surface area contributed by atoms with E-state index in [0.29, 0.717) is 23.9 Å². The fourth-order valence-corrected chi connectivity index (χ4v) is 3.00. The summed E-state index contributed by atoms with van der Waals surface area (Å²) in [5.41, 5.74) is 0.843. The number of carbonyl (C=O) groups excluding carboxylic acids is 1. The van der Waals surface area contributed by atoms with Crippen LogP contribution in [-0.4, -0.2) is 15.8 Å². The van der Waals surface area contributed by atoms with E-state index in [9.17, 15) is 14.4 Å². The summed E-state index contributed by atoms with van der Waals surface area (Å²) in [6, 6.07) is 3.11. The van der Waals surface area contributed by atoms with Crippen LogP contribution in [0.5, 0.6) is 0 Å². The van der Waals surface area contributed by atoms with Gasteiger partial charge in [0, 0.05) is 4.47 Å². The predicted octanol–water partition coefficient (Wildman–Crippen LogP) is 1.14. The van der Waals surface area contributed by atoms with E-state index in [-0.39, 0.29) is 0 Å². The quantitative estimate of drug-likeness (QED) is 0.634. The van der Waals surface area contributed by atoms with Gasteiger partial charge in [-0.05, 0) is 30.5 Å². The Labute approximate surface area is 110 Å². The molecule has 6 heteroatoms. The van der Waals surface area contributed by atoms with Crippen LogP contribution in [0.25, 0.3) is 11.0 Å². The zero-order valence-electron chi connectivity index (χ0n) is 9.27. The summed E-state index contributed by atoms with van der Waals surface area (Å²) in [7, 11) is 0. The van der Waals surface area contributed by atoms with Crippen molar-refractivity contribution in [1.29, 1.82) is 0 Å². The number of halogens is 1. The minimum absolute atomic E-state index is 0.545. The number of rotatable bonds is 1. The van der Waals surface area contributed by atoms with Crippen molar-refractivity contribution < 1.29 is 4.79 Å². The fraction of sp³-hybridized carbons (Fsp3) is 0.250. The van der Waals surface area contributed by atoms with Gasteiger partial charge in [0.2, 0.25) is 0 Å². The molecule has 1 aromatic heterocycles. The number of H-pyrrole nitrogens is 1.